The van der Waals surface area contributed by atoms with Crippen LogP contribution >= 0.6 is 12.2 Å². The normalized spacial score (nSPS) is 10.6. The average molecular weight is 245 g/mol. The van der Waals surface area contributed by atoms with Crippen molar-refractivity contribution in [3.05, 3.63) is 54.5 Å². The van der Waals surface area contributed by atoms with Crippen molar-refractivity contribution >= 4 is 29.2 Å². The highest BCUT2D eigenvalue weighted by molar-refractivity contribution is 7.80. The lowest BCUT2D eigenvalue weighted by atomic mass is 10.3. The summed E-state index contributed by atoms with van der Waals surface area (Å²) in [4.78, 5) is 0. The number of benzene rings is 1. The number of nitrogens with zero attached hydrogens (tertiary/aromatic N) is 2. The molecule has 17 heavy (non-hydrogen) atoms. The summed E-state index contributed by atoms with van der Waals surface area (Å²) in [6.07, 6.45) is 3.14. The van der Waals surface area contributed by atoms with Crippen molar-refractivity contribution in [2.24, 2.45) is 10.8 Å². The minimum absolute atomic E-state index is 0.180. The lowest BCUT2D eigenvalue weighted by molar-refractivity contribution is 0.560. The fraction of sp³-hybridized carbons (Fsp3) is 0. The first-order chi connectivity index (χ1) is 8.27. The van der Waals surface area contributed by atoms with Gasteiger partial charge in [0.05, 0.1) is 18.2 Å². The summed E-state index contributed by atoms with van der Waals surface area (Å²) in [5, 5.41) is 5.83. The van der Waals surface area contributed by atoms with E-state index in [1.165, 1.54) is 5.01 Å². The van der Waals surface area contributed by atoms with Crippen LogP contribution in [0.1, 0.15) is 5.76 Å². The van der Waals surface area contributed by atoms with Gasteiger partial charge in [-0.05, 0) is 36.5 Å². The molecule has 1 aromatic carbocycles. The molecule has 0 saturated carbocycles. The number of hydrogen-bond donors (Lipinski definition) is 1. The Morgan fingerprint density at radius 2 is 2.00 bits per heavy atom. The molecule has 2 N–H and O–H groups in total. The quantitative estimate of drug-likeness (QED) is 0.512. The van der Waals surface area contributed by atoms with E-state index >= 15 is 0 Å². The minimum atomic E-state index is 0.180. The third kappa shape index (κ3) is 2.92. The molecule has 0 aliphatic heterocycles. The molecule has 0 radical (unpaired) electrons. The van der Waals surface area contributed by atoms with Gasteiger partial charge in [0, 0.05) is 0 Å². The summed E-state index contributed by atoms with van der Waals surface area (Å²) in [7, 11) is 0. The Hall–Kier alpha value is -2.14. The monoisotopic (exact) mass is 245 g/mol. The lowest BCUT2D eigenvalue weighted by Crippen LogP contribution is -2.30. The van der Waals surface area contributed by atoms with Gasteiger partial charge in [-0.15, -0.1) is 0 Å². The number of para-hydroxylation sites is 1. The van der Waals surface area contributed by atoms with Crippen molar-refractivity contribution in [1.29, 1.82) is 0 Å². The molecule has 4 nitrogen and oxygen atoms in total. The van der Waals surface area contributed by atoms with Gasteiger partial charge >= 0.3 is 0 Å². The molecular formula is C12H11N3OS. The Bertz CT molecular complexity index is 508. The second kappa shape index (κ2) is 5.27. The van der Waals surface area contributed by atoms with Crippen LogP contribution in [-0.2, 0) is 0 Å². The average Bonchev–Trinajstić information content (AvgIpc) is 2.83. The highest BCUT2D eigenvalue weighted by Crippen LogP contribution is 2.13. The Morgan fingerprint density at radius 1 is 1.24 bits per heavy atom. The van der Waals surface area contributed by atoms with E-state index in [4.69, 9.17) is 22.4 Å². The van der Waals surface area contributed by atoms with Gasteiger partial charge in [0.1, 0.15) is 5.76 Å². The summed E-state index contributed by atoms with van der Waals surface area (Å²) in [5.41, 5.74) is 6.43. The van der Waals surface area contributed by atoms with E-state index in [1.54, 1.807) is 24.6 Å². The molecule has 2 rings (SSSR count). The van der Waals surface area contributed by atoms with E-state index in [-0.39, 0.29) is 5.11 Å². The molecule has 2 aromatic rings. The number of hydrazone groups is 1. The first-order valence-electron chi connectivity index (χ1n) is 4.99. The van der Waals surface area contributed by atoms with E-state index in [0.29, 0.717) is 5.76 Å². The van der Waals surface area contributed by atoms with Crippen LogP contribution in [0, 0.1) is 0 Å². The van der Waals surface area contributed by atoms with E-state index < -0.39 is 0 Å². The standard InChI is InChI=1S/C12H11N3OS/c13-12(17)15(10-5-2-1-3-6-10)14-9-11-7-4-8-16-11/h1-9H,(H2,13,17)/b14-9+. The van der Waals surface area contributed by atoms with Crippen LogP contribution in [0.2, 0.25) is 0 Å². The zero-order valence-electron chi connectivity index (χ0n) is 8.98. The van der Waals surface area contributed by atoms with Gasteiger partial charge in [0.25, 0.3) is 0 Å². The zero-order chi connectivity index (χ0) is 12.1. The predicted molar refractivity (Wildman–Crippen MR) is 72.0 cm³/mol. The van der Waals surface area contributed by atoms with Gasteiger partial charge in [-0.25, -0.2) is 5.01 Å². The molecular weight excluding hydrogens is 234 g/mol. The van der Waals surface area contributed by atoms with Crippen molar-refractivity contribution in [2.75, 3.05) is 5.01 Å². The fourth-order valence-corrected chi connectivity index (χ4v) is 1.45. The lowest BCUT2D eigenvalue weighted by Gasteiger charge is -2.15. The van der Waals surface area contributed by atoms with Crippen molar-refractivity contribution in [2.45, 2.75) is 0 Å². The topological polar surface area (TPSA) is 54.8 Å². The van der Waals surface area contributed by atoms with Gasteiger partial charge in [0.15, 0.2) is 5.11 Å². The Balaban J connectivity index is 2.22. The summed E-state index contributed by atoms with van der Waals surface area (Å²) >= 11 is 4.95. The van der Waals surface area contributed by atoms with Crippen molar-refractivity contribution in [3.8, 4) is 0 Å². The van der Waals surface area contributed by atoms with E-state index in [9.17, 15) is 0 Å². The van der Waals surface area contributed by atoms with Crippen LogP contribution in [0.3, 0.4) is 0 Å². The summed E-state index contributed by atoms with van der Waals surface area (Å²) in [5.74, 6) is 0.641. The molecule has 0 aliphatic rings. The van der Waals surface area contributed by atoms with Crippen LogP contribution in [0.4, 0.5) is 5.69 Å². The number of thiocarbonyl (C=S) groups is 1. The van der Waals surface area contributed by atoms with Crippen LogP contribution in [0.15, 0.2) is 58.2 Å². The van der Waals surface area contributed by atoms with Crippen LogP contribution < -0.4 is 10.7 Å². The summed E-state index contributed by atoms with van der Waals surface area (Å²) in [6.45, 7) is 0. The predicted octanol–water partition coefficient (Wildman–Crippen LogP) is 2.36. The highest BCUT2D eigenvalue weighted by Gasteiger charge is 2.06. The molecule has 1 aromatic heterocycles. The number of rotatable bonds is 3. The molecule has 0 unspecified atom stereocenters. The van der Waals surface area contributed by atoms with E-state index in [1.807, 2.05) is 30.3 Å². The Labute approximate surface area is 104 Å². The Morgan fingerprint density at radius 3 is 2.59 bits per heavy atom. The second-order valence-electron chi connectivity index (χ2n) is 3.25. The van der Waals surface area contributed by atoms with Gasteiger partial charge in [0.2, 0.25) is 0 Å². The minimum Gasteiger partial charge on any atom is -0.463 e. The number of hydrogen-bond acceptors (Lipinski definition) is 3. The van der Waals surface area contributed by atoms with Crippen LogP contribution in [0.25, 0.3) is 0 Å². The largest absolute Gasteiger partial charge is 0.463 e. The van der Waals surface area contributed by atoms with Crippen molar-refractivity contribution in [1.82, 2.24) is 0 Å². The molecule has 0 saturated heterocycles. The van der Waals surface area contributed by atoms with Gasteiger partial charge in [-0.1, -0.05) is 18.2 Å². The molecule has 1 heterocycles. The fourth-order valence-electron chi connectivity index (χ4n) is 1.30. The van der Waals surface area contributed by atoms with E-state index in [0.717, 1.165) is 5.69 Å². The smallest absolute Gasteiger partial charge is 0.191 e. The summed E-state index contributed by atoms with van der Waals surface area (Å²) < 4.78 is 5.14. The zero-order valence-corrected chi connectivity index (χ0v) is 9.80. The third-order valence-electron chi connectivity index (χ3n) is 2.05. The first kappa shape index (κ1) is 11.3. The molecule has 5 heteroatoms. The number of nitrogens with two attached hydrogens (primary N) is 1. The van der Waals surface area contributed by atoms with Crippen LogP contribution in [-0.4, -0.2) is 11.3 Å². The molecule has 0 spiro atoms. The third-order valence-corrected chi connectivity index (χ3v) is 2.23. The molecule has 0 bridgehead atoms. The SMILES string of the molecule is NC(=S)N(/N=C/c1ccco1)c1ccccc1. The maximum absolute atomic E-state index is 5.62. The Kier molecular flexibility index (Phi) is 3.52. The van der Waals surface area contributed by atoms with Gasteiger partial charge in [-0.3, -0.25) is 0 Å². The molecule has 0 atom stereocenters. The molecule has 0 aliphatic carbocycles. The second-order valence-corrected chi connectivity index (χ2v) is 3.66. The van der Waals surface area contributed by atoms with Crippen molar-refractivity contribution in [3.63, 3.8) is 0 Å². The summed E-state index contributed by atoms with van der Waals surface area (Å²) in [6, 6.07) is 13.0. The number of furan rings is 1. The van der Waals surface area contributed by atoms with Crippen molar-refractivity contribution < 1.29 is 4.42 Å². The van der Waals surface area contributed by atoms with Crippen LogP contribution in [0.5, 0.6) is 0 Å². The van der Waals surface area contributed by atoms with Gasteiger partial charge in [-0.2, -0.15) is 5.10 Å². The molecule has 86 valence electrons. The highest BCUT2D eigenvalue weighted by atomic mass is 32.1. The maximum Gasteiger partial charge on any atom is 0.191 e. The molecule has 0 amide bonds. The maximum atomic E-state index is 5.62. The van der Waals surface area contributed by atoms with Gasteiger partial charge < -0.3 is 10.2 Å². The molecule has 0 fully saturated rings. The van der Waals surface area contributed by atoms with E-state index in [2.05, 4.69) is 5.10 Å². The number of anilines is 1. The first-order valence-corrected chi connectivity index (χ1v) is 5.40.